The van der Waals surface area contributed by atoms with Gasteiger partial charge in [0.1, 0.15) is 11.9 Å². The third-order valence-electron chi connectivity index (χ3n) is 5.11. The average molecular weight is 466 g/mol. The zero-order chi connectivity index (χ0) is 23.3. The fraction of sp³-hybridized carbons (Fsp3) is 0.429. The van der Waals surface area contributed by atoms with Gasteiger partial charge in [0, 0.05) is 37.3 Å². The SMILES string of the molecule is CCn1ncc(Cl)c1-c1cc(F)cc(C(=O)NC[C@@H](N)C(=O)OCC(=O)N2CCCC2)c1. The van der Waals surface area contributed by atoms with Crippen LogP contribution in [0, 0.1) is 5.82 Å². The zero-order valence-electron chi connectivity index (χ0n) is 17.6. The smallest absolute Gasteiger partial charge is 0.325 e. The summed E-state index contributed by atoms with van der Waals surface area (Å²) in [5.41, 5.74) is 6.68. The summed E-state index contributed by atoms with van der Waals surface area (Å²) in [6.07, 6.45) is 3.31. The Balaban J connectivity index is 1.58. The monoisotopic (exact) mass is 465 g/mol. The first-order chi connectivity index (χ1) is 15.3. The molecule has 2 heterocycles. The van der Waals surface area contributed by atoms with E-state index in [4.69, 9.17) is 22.1 Å². The van der Waals surface area contributed by atoms with E-state index < -0.39 is 23.7 Å². The van der Waals surface area contributed by atoms with Gasteiger partial charge in [0.25, 0.3) is 11.8 Å². The first-order valence-corrected chi connectivity index (χ1v) is 10.7. The topological polar surface area (TPSA) is 120 Å². The molecule has 11 heteroatoms. The molecule has 1 aliphatic rings. The summed E-state index contributed by atoms with van der Waals surface area (Å²) in [6, 6.07) is 2.63. The molecule has 9 nitrogen and oxygen atoms in total. The summed E-state index contributed by atoms with van der Waals surface area (Å²) in [5, 5.41) is 6.93. The number of hydrogen-bond donors (Lipinski definition) is 2. The molecule has 1 fully saturated rings. The number of esters is 1. The van der Waals surface area contributed by atoms with Gasteiger partial charge in [0.2, 0.25) is 0 Å². The molecule has 1 aromatic carbocycles. The van der Waals surface area contributed by atoms with Crippen LogP contribution in [-0.4, -0.2) is 64.7 Å². The van der Waals surface area contributed by atoms with Crippen LogP contribution < -0.4 is 11.1 Å². The molecule has 0 bridgehead atoms. The largest absolute Gasteiger partial charge is 0.454 e. The van der Waals surface area contributed by atoms with E-state index in [1.54, 1.807) is 9.58 Å². The van der Waals surface area contributed by atoms with Gasteiger partial charge in [-0.25, -0.2) is 4.39 Å². The summed E-state index contributed by atoms with van der Waals surface area (Å²) in [4.78, 5) is 38.1. The van der Waals surface area contributed by atoms with Crippen LogP contribution >= 0.6 is 11.6 Å². The number of nitrogens with zero attached hydrogens (tertiary/aromatic N) is 3. The van der Waals surface area contributed by atoms with Gasteiger partial charge < -0.3 is 20.7 Å². The highest BCUT2D eigenvalue weighted by molar-refractivity contribution is 6.33. The Morgan fingerprint density at radius 3 is 2.69 bits per heavy atom. The molecule has 32 heavy (non-hydrogen) atoms. The molecule has 2 aromatic rings. The second-order valence-electron chi connectivity index (χ2n) is 7.40. The third kappa shape index (κ3) is 5.63. The molecule has 3 rings (SSSR count). The number of likely N-dealkylation sites (tertiary alicyclic amines) is 1. The fourth-order valence-corrected chi connectivity index (χ4v) is 3.68. The van der Waals surface area contributed by atoms with Crippen molar-refractivity contribution in [3.63, 3.8) is 0 Å². The number of nitrogens with one attached hydrogen (secondary N) is 1. The van der Waals surface area contributed by atoms with Gasteiger partial charge in [-0.15, -0.1) is 0 Å². The van der Waals surface area contributed by atoms with Gasteiger partial charge in [0.15, 0.2) is 6.61 Å². The van der Waals surface area contributed by atoms with E-state index in [9.17, 15) is 18.8 Å². The van der Waals surface area contributed by atoms with E-state index in [1.165, 1.54) is 18.3 Å². The molecule has 1 saturated heterocycles. The van der Waals surface area contributed by atoms with Crippen LogP contribution in [0.25, 0.3) is 11.3 Å². The molecule has 0 saturated carbocycles. The first-order valence-electron chi connectivity index (χ1n) is 10.3. The molecule has 1 aromatic heterocycles. The van der Waals surface area contributed by atoms with Crippen molar-refractivity contribution in [2.45, 2.75) is 32.4 Å². The predicted molar refractivity (Wildman–Crippen MR) is 115 cm³/mol. The first kappa shape index (κ1) is 23.7. The minimum Gasteiger partial charge on any atom is -0.454 e. The van der Waals surface area contributed by atoms with Gasteiger partial charge in [-0.1, -0.05) is 11.6 Å². The number of rotatable bonds is 8. The molecular weight excluding hydrogens is 441 g/mol. The zero-order valence-corrected chi connectivity index (χ0v) is 18.4. The van der Waals surface area contributed by atoms with Gasteiger partial charge in [0.05, 0.1) is 16.9 Å². The lowest BCUT2D eigenvalue weighted by Gasteiger charge is -2.16. The van der Waals surface area contributed by atoms with E-state index in [0.29, 0.717) is 35.9 Å². The number of carbonyl (C=O) groups is 3. The average Bonchev–Trinajstić information content (AvgIpc) is 3.44. The van der Waals surface area contributed by atoms with Crippen molar-refractivity contribution in [2.75, 3.05) is 26.2 Å². The minimum atomic E-state index is -1.17. The number of amides is 2. The standard InChI is InChI=1S/C21H25ClFN5O4/c1-2-28-19(16(22)10-26-28)13-7-14(9-15(23)8-13)20(30)25-11-17(24)21(31)32-12-18(29)27-5-3-4-6-27/h7-10,17H,2-6,11-12,24H2,1H3,(H,25,30)/t17-/m1/s1. The van der Waals surface area contributed by atoms with Crippen molar-refractivity contribution in [1.29, 1.82) is 0 Å². The number of halogens is 2. The maximum absolute atomic E-state index is 14.2. The number of nitrogens with two attached hydrogens (primary N) is 1. The predicted octanol–water partition coefficient (Wildman–Crippen LogP) is 1.59. The van der Waals surface area contributed by atoms with Crippen LogP contribution in [-0.2, 0) is 20.9 Å². The molecule has 1 atom stereocenters. The van der Waals surface area contributed by atoms with Gasteiger partial charge in [-0.2, -0.15) is 5.10 Å². The molecule has 1 aliphatic heterocycles. The Morgan fingerprint density at radius 2 is 2.00 bits per heavy atom. The lowest BCUT2D eigenvalue weighted by Crippen LogP contribution is -2.44. The molecule has 3 N–H and O–H groups in total. The van der Waals surface area contributed by atoms with E-state index in [2.05, 4.69) is 10.4 Å². The molecule has 2 amide bonds. The number of benzene rings is 1. The maximum atomic E-state index is 14.2. The van der Waals surface area contributed by atoms with Crippen molar-refractivity contribution in [2.24, 2.45) is 5.73 Å². The van der Waals surface area contributed by atoms with Crippen molar-refractivity contribution >= 4 is 29.4 Å². The highest BCUT2D eigenvalue weighted by Crippen LogP contribution is 2.29. The Kier molecular flexibility index (Phi) is 7.81. The fourth-order valence-electron chi connectivity index (χ4n) is 3.43. The van der Waals surface area contributed by atoms with E-state index in [1.807, 2.05) is 6.92 Å². The summed E-state index contributed by atoms with van der Waals surface area (Å²) in [7, 11) is 0. The van der Waals surface area contributed by atoms with Crippen molar-refractivity contribution in [3.8, 4) is 11.3 Å². The Morgan fingerprint density at radius 1 is 1.28 bits per heavy atom. The maximum Gasteiger partial charge on any atom is 0.325 e. The highest BCUT2D eigenvalue weighted by Gasteiger charge is 2.22. The molecule has 0 aliphatic carbocycles. The van der Waals surface area contributed by atoms with Crippen LogP contribution in [0.4, 0.5) is 4.39 Å². The quantitative estimate of drug-likeness (QED) is 0.571. The van der Waals surface area contributed by atoms with E-state index in [0.717, 1.165) is 18.9 Å². The second kappa shape index (κ2) is 10.6. The Labute approximate surface area is 189 Å². The summed E-state index contributed by atoms with van der Waals surface area (Å²) in [6.45, 7) is 3.04. The molecule has 0 radical (unpaired) electrons. The van der Waals surface area contributed by atoms with E-state index in [-0.39, 0.29) is 24.6 Å². The van der Waals surface area contributed by atoms with Crippen LogP contribution in [0.1, 0.15) is 30.1 Å². The van der Waals surface area contributed by atoms with Crippen LogP contribution in [0.15, 0.2) is 24.4 Å². The number of aryl methyl sites for hydroxylation is 1. The van der Waals surface area contributed by atoms with Gasteiger partial charge in [-0.3, -0.25) is 19.1 Å². The second-order valence-corrected chi connectivity index (χ2v) is 7.80. The Bertz CT molecular complexity index is 1010. The summed E-state index contributed by atoms with van der Waals surface area (Å²) < 4.78 is 20.7. The molecule has 0 unspecified atom stereocenters. The molecular formula is C21H25ClFN5O4. The normalized spacial score (nSPS) is 14.3. The number of hydrogen-bond acceptors (Lipinski definition) is 6. The summed E-state index contributed by atoms with van der Waals surface area (Å²) in [5.74, 6) is -2.33. The highest BCUT2D eigenvalue weighted by atomic mass is 35.5. The van der Waals surface area contributed by atoms with Crippen molar-refractivity contribution in [3.05, 3.63) is 40.8 Å². The van der Waals surface area contributed by atoms with Gasteiger partial charge >= 0.3 is 5.97 Å². The molecule has 0 spiro atoms. The number of aromatic nitrogens is 2. The number of ether oxygens (including phenoxy) is 1. The lowest BCUT2D eigenvalue weighted by atomic mass is 10.1. The lowest BCUT2D eigenvalue weighted by molar-refractivity contribution is -0.152. The van der Waals surface area contributed by atoms with Crippen molar-refractivity contribution in [1.82, 2.24) is 20.0 Å². The van der Waals surface area contributed by atoms with Crippen LogP contribution in [0.5, 0.6) is 0 Å². The summed E-state index contributed by atoms with van der Waals surface area (Å²) >= 11 is 6.17. The van der Waals surface area contributed by atoms with Crippen LogP contribution in [0.3, 0.4) is 0 Å². The van der Waals surface area contributed by atoms with Gasteiger partial charge in [-0.05, 0) is 38.0 Å². The Hall–Kier alpha value is -2.98. The minimum absolute atomic E-state index is 0.0321. The third-order valence-corrected chi connectivity index (χ3v) is 5.39. The molecule has 172 valence electrons. The van der Waals surface area contributed by atoms with Crippen molar-refractivity contribution < 1.29 is 23.5 Å². The van der Waals surface area contributed by atoms with E-state index >= 15 is 0 Å². The van der Waals surface area contributed by atoms with Crippen LogP contribution in [0.2, 0.25) is 5.02 Å². The number of carbonyl (C=O) groups excluding carboxylic acids is 3.